The molecule has 0 aliphatic rings. The van der Waals surface area contributed by atoms with Crippen LogP contribution in [0.1, 0.15) is 22.1 Å². The molecule has 0 spiro atoms. The summed E-state index contributed by atoms with van der Waals surface area (Å²) in [4.78, 5) is 0. The summed E-state index contributed by atoms with van der Waals surface area (Å²) in [5, 5.41) is -0.478. The van der Waals surface area contributed by atoms with Crippen LogP contribution < -0.4 is 0 Å². The highest BCUT2D eigenvalue weighted by molar-refractivity contribution is 6.30. The zero-order chi connectivity index (χ0) is 13.3. The van der Waals surface area contributed by atoms with E-state index in [9.17, 15) is 8.78 Å². The van der Waals surface area contributed by atoms with E-state index in [2.05, 4.69) is 0 Å². The average molecular weight is 287 g/mol. The second-order valence-electron chi connectivity index (χ2n) is 4.04. The van der Waals surface area contributed by atoms with Crippen LogP contribution in [-0.2, 0) is 0 Å². The predicted molar refractivity (Wildman–Crippen MR) is 70.2 cm³/mol. The Hall–Kier alpha value is -1.12. The summed E-state index contributed by atoms with van der Waals surface area (Å²) in [7, 11) is 0. The van der Waals surface area contributed by atoms with Gasteiger partial charge in [-0.05, 0) is 41.8 Å². The van der Waals surface area contributed by atoms with Crippen molar-refractivity contribution in [1.29, 1.82) is 0 Å². The van der Waals surface area contributed by atoms with Crippen molar-refractivity contribution in [1.82, 2.24) is 0 Å². The van der Waals surface area contributed by atoms with Gasteiger partial charge in [-0.1, -0.05) is 29.8 Å². The van der Waals surface area contributed by atoms with Crippen LogP contribution in [0.4, 0.5) is 8.78 Å². The number of alkyl halides is 1. The van der Waals surface area contributed by atoms with Crippen molar-refractivity contribution < 1.29 is 8.78 Å². The molecule has 1 unspecified atom stereocenters. The third-order valence-electron chi connectivity index (χ3n) is 2.71. The van der Waals surface area contributed by atoms with Crippen molar-refractivity contribution in [3.8, 4) is 0 Å². The summed E-state index contributed by atoms with van der Waals surface area (Å²) in [6.45, 7) is 1.66. The Balaban J connectivity index is 2.37. The van der Waals surface area contributed by atoms with Crippen molar-refractivity contribution in [2.24, 2.45) is 0 Å². The fourth-order valence-corrected chi connectivity index (χ4v) is 2.08. The maximum absolute atomic E-state index is 13.3. The molecule has 0 radical (unpaired) electrons. The van der Waals surface area contributed by atoms with Crippen molar-refractivity contribution >= 4 is 23.2 Å². The molecular formula is C14H10Cl2F2. The van der Waals surface area contributed by atoms with Gasteiger partial charge in [-0.25, -0.2) is 8.78 Å². The minimum Gasteiger partial charge on any atom is -0.207 e. The van der Waals surface area contributed by atoms with Gasteiger partial charge < -0.3 is 0 Å². The fraction of sp³-hybridized carbons (Fsp3) is 0.143. The molecule has 0 aromatic heterocycles. The van der Waals surface area contributed by atoms with Gasteiger partial charge in [-0.2, -0.15) is 0 Å². The van der Waals surface area contributed by atoms with Crippen LogP contribution in [0, 0.1) is 18.6 Å². The Morgan fingerprint density at radius 2 is 1.56 bits per heavy atom. The van der Waals surface area contributed by atoms with Crippen molar-refractivity contribution in [2.75, 3.05) is 0 Å². The SMILES string of the molecule is Cc1cc(C(Cl)c2ccc(Cl)c(F)c2)ccc1F. The molecule has 0 amide bonds. The van der Waals surface area contributed by atoms with E-state index in [1.54, 1.807) is 25.1 Å². The van der Waals surface area contributed by atoms with E-state index in [1.165, 1.54) is 18.2 Å². The number of hydrogen-bond donors (Lipinski definition) is 0. The largest absolute Gasteiger partial charge is 0.207 e. The minimum absolute atomic E-state index is 0.0536. The molecule has 1 atom stereocenters. The number of aryl methyl sites for hydroxylation is 1. The van der Waals surface area contributed by atoms with Crippen molar-refractivity contribution in [2.45, 2.75) is 12.3 Å². The molecule has 94 valence electrons. The minimum atomic E-state index is -0.531. The average Bonchev–Trinajstić information content (AvgIpc) is 2.35. The van der Waals surface area contributed by atoms with E-state index in [0.29, 0.717) is 11.1 Å². The van der Waals surface area contributed by atoms with Crippen LogP contribution in [0.15, 0.2) is 36.4 Å². The highest BCUT2D eigenvalue weighted by Gasteiger charge is 2.13. The van der Waals surface area contributed by atoms with E-state index in [0.717, 1.165) is 5.56 Å². The zero-order valence-corrected chi connectivity index (χ0v) is 11.1. The van der Waals surface area contributed by atoms with Crippen LogP contribution >= 0.6 is 23.2 Å². The summed E-state index contributed by atoms with van der Waals surface area (Å²) in [6.07, 6.45) is 0. The second kappa shape index (κ2) is 5.25. The summed E-state index contributed by atoms with van der Waals surface area (Å²) in [6, 6.07) is 9.00. The third kappa shape index (κ3) is 2.65. The van der Waals surface area contributed by atoms with Gasteiger partial charge in [0.25, 0.3) is 0 Å². The highest BCUT2D eigenvalue weighted by atomic mass is 35.5. The van der Waals surface area contributed by atoms with Gasteiger partial charge >= 0.3 is 0 Å². The lowest BCUT2D eigenvalue weighted by Crippen LogP contribution is -1.96. The van der Waals surface area contributed by atoms with Crippen LogP contribution in [0.5, 0.6) is 0 Å². The normalized spacial score (nSPS) is 12.5. The summed E-state index contributed by atoms with van der Waals surface area (Å²) in [5.41, 5.74) is 1.81. The first-order valence-electron chi connectivity index (χ1n) is 5.34. The topological polar surface area (TPSA) is 0 Å². The van der Waals surface area contributed by atoms with E-state index in [4.69, 9.17) is 23.2 Å². The maximum atomic E-state index is 13.3. The van der Waals surface area contributed by atoms with Gasteiger partial charge in [-0.3, -0.25) is 0 Å². The van der Waals surface area contributed by atoms with Gasteiger partial charge in [0.05, 0.1) is 10.4 Å². The molecule has 18 heavy (non-hydrogen) atoms. The first-order chi connectivity index (χ1) is 8.49. The molecule has 0 heterocycles. The molecule has 2 aromatic carbocycles. The maximum Gasteiger partial charge on any atom is 0.142 e. The van der Waals surface area contributed by atoms with Crippen LogP contribution in [0.3, 0.4) is 0 Å². The van der Waals surface area contributed by atoms with Crippen LogP contribution in [-0.4, -0.2) is 0 Å². The Bertz CT molecular complexity index is 531. The van der Waals surface area contributed by atoms with Gasteiger partial charge in [0.1, 0.15) is 11.6 Å². The van der Waals surface area contributed by atoms with Gasteiger partial charge in [0.15, 0.2) is 0 Å². The van der Waals surface area contributed by atoms with Crippen molar-refractivity contribution in [3.05, 3.63) is 69.7 Å². The molecule has 0 aliphatic heterocycles. The van der Waals surface area contributed by atoms with E-state index in [-0.39, 0.29) is 10.8 Å². The summed E-state index contributed by atoms with van der Waals surface area (Å²) < 4.78 is 26.5. The lowest BCUT2D eigenvalue weighted by Gasteiger charge is -2.12. The Morgan fingerprint density at radius 3 is 2.17 bits per heavy atom. The van der Waals surface area contributed by atoms with Crippen molar-refractivity contribution in [3.63, 3.8) is 0 Å². The van der Waals surface area contributed by atoms with E-state index in [1.807, 2.05) is 0 Å². The first-order valence-corrected chi connectivity index (χ1v) is 6.15. The molecule has 0 aliphatic carbocycles. The quantitative estimate of drug-likeness (QED) is 0.661. The number of halogens is 4. The molecule has 0 saturated heterocycles. The zero-order valence-electron chi connectivity index (χ0n) is 9.55. The van der Waals surface area contributed by atoms with E-state index >= 15 is 0 Å². The Morgan fingerprint density at radius 1 is 0.944 bits per heavy atom. The lowest BCUT2D eigenvalue weighted by molar-refractivity contribution is 0.617. The first kappa shape index (κ1) is 13.3. The van der Waals surface area contributed by atoms with Gasteiger partial charge in [-0.15, -0.1) is 11.6 Å². The highest BCUT2D eigenvalue weighted by Crippen LogP contribution is 2.31. The second-order valence-corrected chi connectivity index (χ2v) is 4.89. The molecule has 0 nitrogen and oxygen atoms in total. The molecule has 0 saturated carbocycles. The predicted octanol–water partition coefficient (Wildman–Crippen LogP) is 5.25. The van der Waals surface area contributed by atoms with Crippen LogP contribution in [0.25, 0.3) is 0 Å². The molecule has 0 fully saturated rings. The monoisotopic (exact) mass is 286 g/mol. The standard InChI is InChI=1S/C14H10Cl2F2/c1-8-6-9(3-5-12(8)17)14(16)10-2-4-11(15)13(18)7-10/h2-7,14H,1H3. The fourth-order valence-electron chi connectivity index (χ4n) is 1.69. The molecule has 0 bridgehead atoms. The summed E-state index contributed by atoms with van der Waals surface area (Å²) >= 11 is 11.9. The molecule has 4 heteroatoms. The lowest BCUT2D eigenvalue weighted by atomic mass is 10.0. The smallest absolute Gasteiger partial charge is 0.142 e. The van der Waals surface area contributed by atoms with Crippen LogP contribution in [0.2, 0.25) is 5.02 Å². The molecule has 2 rings (SSSR count). The van der Waals surface area contributed by atoms with E-state index < -0.39 is 11.2 Å². The molecule has 0 N–H and O–H groups in total. The number of benzene rings is 2. The number of hydrogen-bond acceptors (Lipinski definition) is 0. The number of rotatable bonds is 2. The molecule has 2 aromatic rings. The Kier molecular flexibility index (Phi) is 3.88. The molecular weight excluding hydrogens is 277 g/mol. The third-order valence-corrected chi connectivity index (χ3v) is 3.52. The van der Waals surface area contributed by atoms with Gasteiger partial charge in [0.2, 0.25) is 0 Å². The summed E-state index contributed by atoms with van der Waals surface area (Å²) in [5.74, 6) is -0.802. The Labute approximate surface area is 114 Å². The van der Waals surface area contributed by atoms with Gasteiger partial charge in [0, 0.05) is 0 Å².